The summed E-state index contributed by atoms with van der Waals surface area (Å²) in [4.78, 5) is 16.2. The highest BCUT2D eigenvalue weighted by Gasteiger charge is 2.26. The van der Waals surface area contributed by atoms with Crippen LogP contribution >= 0.6 is 0 Å². The first-order valence-corrected chi connectivity index (χ1v) is 8.44. The van der Waals surface area contributed by atoms with Gasteiger partial charge in [-0.2, -0.15) is 0 Å². The fourth-order valence-electron chi connectivity index (χ4n) is 2.85. The number of fused-ring (bicyclic) bond motifs is 1. The van der Waals surface area contributed by atoms with Crippen molar-refractivity contribution in [3.05, 3.63) is 77.6 Å². The number of nitrogens with zero attached hydrogens (tertiary/aromatic N) is 1. The standard InChI is InChI=1S/C18H15FN2O.C3H6/c19-15-4-2-1-3-13(15)18-14-9-12(11-5-6-11)7-8-16(14)21-17(22)10-20-18;1-3-2/h1-4,7-9,11H,5-6,10H2,(H,21,22);3H,1H2,2H3. The third-order valence-corrected chi connectivity index (χ3v) is 4.13. The third kappa shape index (κ3) is 3.85. The number of allylic oxidation sites excluding steroid dienone is 1. The molecule has 1 heterocycles. The molecule has 1 aliphatic heterocycles. The number of aliphatic imine (C=N–C) groups is 1. The summed E-state index contributed by atoms with van der Waals surface area (Å²) in [7, 11) is 0. The van der Waals surface area contributed by atoms with E-state index in [-0.39, 0.29) is 18.3 Å². The zero-order chi connectivity index (χ0) is 17.8. The van der Waals surface area contributed by atoms with Crippen LogP contribution in [-0.4, -0.2) is 18.2 Å². The maximum Gasteiger partial charge on any atom is 0.246 e. The molecular formula is C21H21FN2O. The minimum Gasteiger partial charge on any atom is -0.324 e. The molecule has 1 saturated carbocycles. The summed E-state index contributed by atoms with van der Waals surface area (Å²) in [5, 5.41) is 2.85. The largest absolute Gasteiger partial charge is 0.324 e. The number of rotatable bonds is 2. The molecule has 128 valence electrons. The summed E-state index contributed by atoms with van der Waals surface area (Å²) in [6.45, 7) is 5.26. The second-order valence-electron chi connectivity index (χ2n) is 6.18. The lowest BCUT2D eigenvalue weighted by Gasteiger charge is -2.12. The van der Waals surface area contributed by atoms with Crippen LogP contribution in [-0.2, 0) is 4.79 Å². The lowest BCUT2D eigenvalue weighted by Crippen LogP contribution is -2.13. The van der Waals surface area contributed by atoms with Crippen LogP contribution in [0.2, 0.25) is 0 Å². The van der Waals surface area contributed by atoms with E-state index in [9.17, 15) is 9.18 Å². The van der Waals surface area contributed by atoms with Gasteiger partial charge in [-0.3, -0.25) is 9.79 Å². The number of anilines is 1. The number of hydrogen-bond acceptors (Lipinski definition) is 2. The van der Waals surface area contributed by atoms with Crippen molar-refractivity contribution >= 4 is 17.3 Å². The Morgan fingerprint density at radius 2 is 1.92 bits per heavy atom. The monoisotopic (exact) mass is 336 g/mol. The van der Waals surface area contributed by atoms with Crippen molar-refractivity contribution < 1.29 is 9.18 Å². The average molecular weight is 336 g/mol. The number of carbonyl (C=O) groups excluding carboxylic acids is 1. The molecule has 3 nitrogen and oxygen atoms in total. The summed E-state index contributed by atoms with van der Waals surface area (Å²) >= 11 is 0. The second kappa shape index (κ2) is 7.43. The van der Waals surface area contributed by atoms with Gasteiger partial charge < -0.3 is 5.32 Å². The molecule has 0 atom stereocenters. The van der Waals surface area contributed by atoms with Crippen molar-refractivity contribution in [3.8, 4) is 0 Å². The van der Waals surface area contributed by atoms with E-state index < -0.39 is 0 Å². The molecule has 0 radical (unpaired) electrons. The van der Waals surface area contributed by atoms with Crippen molar-refractivity contribution in [2.75, 3.05) is 11.9 Å². The van der Waals surface area contributed by atoms with Gasteiger partial charge in [-0.1, -0.05) is 24.3 Å². The Balaban J connectivity index is 0.000000569. The molecule has 1 N–H and O–H groups in total. The van der Waals surface area contributed by atoms with E-state index in [1.54, 1.807) is 24.3 Å². The van der Waals surface area contributed by atoms with Gasteiger partial charge in [0.1, 0.15) is 12.4 Å². The zero-order valence-corrected chi connectivity index (χ0v) is 14.3. The highest BCUT2D eigenvalue weighted by atomic mass is 19.1. The lowest BCUT2D eigenvalue weighted by atomic mass is 9.97. The van der Waals surface area contributed by atoms with Crippen LogP contribution in [0, 0.1) is 5.82 Å². The van der Waals surface area contributed by atoms with Crippen LogP contribution in [0.1, 0.15) is 42.4 Å². The number of amides is 1. The number of hydrogen-bond donors (Lipinski definition) is 1. The molecule has 2 aromatic carbocycles. The Kier molecular flexibility index (Phi) is 5.08. The molecule has 0 aromatic heterocycles. The highest BCUT2D eigenvalue weighted by Crippen LogP contribution is 2.41. The van der Waals surface area contributed by atoms with E-state index in [4.69, 9.17) is 0 Å². The molecule has 1 fully saturated rings. The maximum atomic E-state index is 14.2. The third-order valence-electron chi connectivity index (χ3n) is 4.13. The van der Waals surface area contributed by atoms with Crippen molar-refractivity contribution in [3.63, 3.8) is 0 Å². The molecule has 1 aliphatic carbocycles. The molecule has 2 aromatic rings. The van der Waals surface area contributed by atoms with Gasteiger partial charge in [0.2, 0.25) is 5.91 Å². The minimum atomic E-state index is -0.321. The predicted octanol–water partition coefficient (Wildman–Crippen LogP) is 4.68. The Morgan fingerprint density at radius 1 is 1.20 bits per heavy atom. The van der Waals surface area contributed by atoms with Crippen LogP contribution in [0.5, 0.6) is 0 Å². The normalized spacial score (nSPS) is 15.8. The van der Waals surface area contributed by atoms with E-state index in [1.165, 1.54) is 24.5 Å². The lowest BCUT2D eigenvalue weighted by molar-refractivity contribution is -0.114. The molecule has 4 rings (SSSR count). The number of carbonyl (C=O) groups is 1. The fourth-order valence-corrected chi connectivity index (χ4v) is 2.85. The van der Waals surface area contributed by atoms with Crippen molar-refractivity contribution in [2.24, 2.45) is 4.99 Å². The van der Waals surface area contributed by atoms with Gasteiger partial charge >= 0.3 is 0 Å². The van der Waals surface area contributed by atoms with E-state index in [0.717, 1.165) is 5.56 Å². The summed E-state index contributed by atoms with van der Waals surface area (Å²) in [5.41, 5.74) is 3.73. The molecule has 0 spiro atoms. The second-order valence-corrected chi connectivity index (χ2v) is 6.18. The van der Waals surface area contributed by atoms with Gasteiger partial charge in [0.05, 0.1) is 11.4 Å². The first-order valence-electron chi connectivity index (χ1n) is 8.44. The quantitative estimate of drug-likeness (QED) is 0.795. The zero-order valence-electron chi connectivity index (χ0n) is 14.3. The van der Waals surface area contributed by atoms with Gasteiger partial charge in [0.15, 0.2) is 0 Å². The Labute approximate surface area is 147 Å². The number of benzene rings is 2. The molecule has 0 saturated heterocycles. The number of benzodiazepines with no additional fused rings is 1. The van der Waals surface area contributed by atoms with Crippen molar-refractivity contribution in [2.45, 2.75) is 25.7 Å². The first kappa shape index (κ1) is 17.1. The van der Waals surface area contributed by atoms with Crippen LogP contribution in [0.4, 0.5) is 10.1 Å². The first-order chi connectivity index (χ1) is 12.1. The summed E-state index contributed by atoms with van der Waals surface area (Å²) in [5.74, 6) is 0.0938. The molecule has 2 aliphatic rings. The molecule has 0 unspecified atom stereocenters. The van der Waals surface area contributed by atoms with Crippen LogP contribution in [0.15, 0.2) is 60.1 Å². The summed E-state index contributed by atoms with van der Waals surface area (Å²) in [6, 6.07) is 12.6. The smallest absolute Gasteiger partial charge is 0.246 e. The maximum absolute atomic E-state index is 14.2. The Bertz CT molecular complexity index is 838. The summed E-state index contributed by atoms with van der Waals surface area (Å²) < 4.78 is 14.2. The van der Waals surface area contributed by atoms with E-state index in [1.807, 2.05) is 25.1 Å². The number of nitrogens with one attached hydrogen (secondary N) is 1. The minimum absolute atomic E-state index is 0.0110. The highest BCUT2D eigenvalue weighted by molar-refractivity contribution is 6.19. The van der Waals surface area contributed by atoms with Gasteiger partial charge in [0, 0.05) is 11.1 Å². The van der Waals surface area contributed by atoms with Crippen LogP contribution in [0.3, 0.4) is 0 Å². The van der Waals surface area contributed by atoms with E-state index >= 15 is 0 Å². The fraction of sp³-hybridized carbons (Fsp3) is 0.238. The van der Waals surface area contributed by atoms with Crippen molar-refractivity contribution in [1.82, 2.24) is 0 Å². The van der Waals surface area contributed by atoms with Gasteiger partial charge in [-0.05, 0) is 55.5 Å². The predicted molar refractivity (Wildman–Crippen MR) is 99.8 cm³/mol. The average Bonchev–Trinajstić information content (AvgIpc) is 3.43. The molecular weight excluding hydrogens is 315 g/mol. The SMILES string of the molecule is C=CC.O=C1CN=C(c2ccccc2F)c2cc(C3CC3)ccc2N1. The van der Waals surface area contributed by atoms with Gasteiger partial charge in [-0.15, -0.1) is 6.58 Å². The topological polar surface area (TPSA) is 41.5 Å². The van der Waals surface area contributed by atoms with Gasteiger partial charge in [0.25, 0.3) is 0 Å². The van der Waals surface area contributed by atoms with Gasteiger partial charge in [-0.25, -0.2) is 4.39 Å². The Hall–Kier alpha value is -2.75. The number of halogens is 1. The molecule has 4 heteroatoms. The van der Waals surface area contributed by atoms with Crippen LogP contribution < -0.4 is 5.32 Å². The summed E-state index contributed by atoms with van der Waals surface area (Å²) in [6.07, 6.45) is 4.13. The van der Waals surface area contributed by atoms with Crippen molar-refractivity contribution in [1.29, 1.82) is 0 Å². The van der Waals surface area contributed by atoms with Crippen LogP contribution in [0.25, 0.3) is 0 Å². The van der Waals surface area contributed by atoms with E-state index in [0.29, 0.717) is 22.9 Å². The molecule has 1 amide bonds. The molecule has 25 heavy (non-hydrogen) atoms. The Morgan fingerprint density at radius 3 is 2.60 bits per heavy atom. The van der Waals surface area contributed by atoms with E-state index in [2.05, 4.69) is 16.9 Å². The molecule has 0 bridgehead atoms.